The van der Waals surface area contributed by atoms with Crippen LogP contribution in [0.1, 0.15) is 39.5 Å². The molecule has 6 nitrogen and oxygen atoms in total. The van der Waals surface area contributed by atoms with Crippen molar-refractivity contribution < 1.29 is 19.5 Å². The van der Waals surface area contributed by atoms with E-state index in [2.05, 4.69) is 0 Å². The highest BCUT2D eigenvalue weighted by molar-refractivity contribution is 6.06. The lowest BCUT2D eigenvalue weighted by Gasteiger charge is -2.31. The summed E-state index contributed by atoms with van der Waals surface area (Å²) in [6.45, 7) is 3.64. The maximum Gasteiger partial charge on any atom is 0.317 e. The van der Waals surface area contributed by atoms with E-state index in [4.69, 9.17) is 5.11 Å². The summed E-state index contributed by atoms with van der Waals surface area (Å²) in [4.78, 5) is 38.2. The van der Waals surface area contributed by atoms with Gasteiger partial charge < -0.3 is 5.11 Å². The van der Waals surface area contributed by atoms with Gasteiger partial charge in [-0.2, -0.15) is 0 Å². The van der Waals surface area contributed by atoms with Crippen LogP contribution >= 0.6 is 0 Å². The van der Waals surface area contributed by atoms with Crippen LogP contribution in [0, 0.1) is 0 Å². The second-order valence-electron chi connectivity index (χ2n) is 5.38. The molecule has 6 heteroatoms. The standard InChI is InChI=1S/C13H20N2O4/c1-3-8(2)14(7-12(17)18)10-6-11(16)15(13(10)19)9-4-5-9/h8-10H,3-7H2,1-2H3,(H,17,18). The van der Waals surface area contributed by atoms with Gasteiger partial charge in [0.25, 0.3) is 0 Å². The molecule has 0 aromatic rings. The third kappa shape index (κ3) is 2.78. The van der Waals surface area contributed by atoms with Crippen LogP contribution in [0.4, 0.5) is 0 Å². The monoisotopic (exact) mass is 268 g/mol. The number of likely N-dealkylation sites (tertiary alicyclic amines) is 1. The number of aliphatic carboxylic acids is 1. The van der Waals surface area contributed by atoms with E-state index in [0.29, 0.717) is 0 Å². The number of carbonyl (C=O) groups excluding carboxylic acids is 2. The molecule has 2 aliphatic rings. The van der Waals surface area contributed by atoms with Crippen LogP contribution in [0.3, 0.4) is 0 Å². The van der Waals surface area contributed by atoms with E-state index in [-0.39, 0.29) is 36.9 Å². The highest BCUT2D eigenvalue weighted by Crippen LogP contribution is 2.33. The lowest BCUT2D eigenvalue weighted by Crippen LogP contribution is -2.48. The Morgan fingerprint density at radius 3 is 2.58 bits per heavy atom. The quantitative estimate of drug-likeness (QED) is 0.708. The van der Waals surface area contributed by atoms with Crippen molar-refractivity contribution in [1.29, 1.82) is 0 Å². The molecule has 2 fully saturated rings. The normalized spacial score (nSPS) is 25.2. The maximum atomic E-state index is 12.3. The van der Waals surface area contributed by atoms with Crippen LogP contribution in [0.15, 0.2) is 0 Å². The molecule has 2 unspecified atom stereocenters. The van der Waals surface area contributed by atoms with E-state index in [0.717, 1.165) is 19.3 Å². The van der Waals surface area contributed by atoms with Crippen molar-refractivity contribution in [1.82, 2.24) is 9.80 Å². The predicted octanol–water partition coefficient (Wildman–Crippen LogP) is 0.461. The van der Waals surface area contributed by atoms with Gasteiger partial charge in [0.15, 0.2) is 0 Å². The molecule has 1 saturated carbocycles. The molecule has 2 amide bonds. The molecule has 0 radical (unpaired) electrons. The Labute approximate surface area is 112 Å². The van der Waals surface area contributed by atoms with E-state index in [1.807, 2.05) is 13.8 Å². The highest BCUT2D eigenvalue weighted by Gasteiger charge is 2.48. The van der Waals surface area contributed by atoms with Crippen molar-refractivity contribution in [3.8, 4) is 0 Å². The molecule has 0 aromatic carbocycles. The van der Waals surface area contributed by atoms with Crippen molar-refractivity contribution in [3.05, 3.63) is 0 Å². The molecule has 19 heavy (non-hydrogen) atoms. The van der Waals surface area contributed by atoms with Crippen molar-refractivity contribution >= 4 is 17.8 Å². The van der Waals surface area contributed by atoms with E-state index in [9.17, 15) is 14.4 Å². The first-order valence-corrected chi connectivity index (χ1v) is 6.79. The summed E-state index contributed by atoms with van der Waals surface area (Å²) < 4.78 is 0. The number of imide groups is 1. The molecular formula is C13H20N2O4. The fourth-order valence-electron chi connectivity index (χ4n) is 2.57. The van der Waals surface area contributed by atoms with Crippen molar-refractivity contribution in [3.63, 3.8) is 0 Å². The Balaban J connectivity index is 2.15. The Bertz CT molecular complexity index is 405. The molecule has 1 heterocycles. The number of carboxylic acids is 1. The Kier molecular flexibility index (Phi) is 3.89. The Morgan fingerprint density at radius 2 is 2.11 bits per heavy atom. The van der Waals surface area contributed by atoms with Crippen molar-refractivity contribution in [2.45, 2.75) is 57.7 Å². The summed E-state index contributed by atoms with van der Waals surface area (Å²) in [6, 6.07) is -0.565. The molecule has 0 spiro atoms. The molecule has 1 aliphatic heterocycles. The average Bonchev–Trinajstić information content (AvgIpc) is 3.12. The van der Waals surface area contributed by atoms with Gasteiger partial charge in [-0.1, -0.05) is 6.92 Å². The fraction of sp³-hybridized carbons (Fsp3) is 0.769. The minimum atomic E-state index is -0.967. The number of carbonyl (C=O) groups is 3. The number of hydrogen-bond donors (Lipinski definition) is 1. The molecule has 1 saturated heterocycles. The number of hydrogen-bond acceptors (Lipinski definition) is 4. The lowest BCUT2D eigenvalue weighted by atomic mass is 10.1. The zero-order valence-corrected chi connectivity index (χ0v) is 11.3. The van der Waals surface area contributed by atoms with Crippen LogP contribution in [-0.2, 0) is 14.4 Å². The van der Waals surface area contributed by atoms with Gasteiger partial charge in [0.2, 0.25) is 11.8 Å². The Hall–Kier alpha value is -1.43. The van der Waals surface area contributed by atoms with Crippen molar-refractivity contribution in [2.75, 3.05) is 6.54 Å². The van der Waals surface area contributed by atoms with E-state index >= 15 is 0 Å². The summed E-state index contributed by atoms with van der Waals surface area (Å²) >= 11 is 0. The van der Waals surface area contributed by atoms with Gasteiger partial charge in [-0.3, -0.25) is 24.2 Å². The van der Waals surface area contributed by atoms with Crippen LogP contribution in [0.25, 0.3) is 0 Å². The molecule has 0 aromatic heterocycles. The smallest absolute Gasteiger partial charge is 0.317 e. The van der Waals surface area contributed by atoms with Gasteiger partial charge in [0.1, 0.15) is 0 Å². The summed E-state index contributed by atoms with van der Waals surface area (Å²) in [5.74, 6) is -1.34. The lowest BCUT2D eigenvalue weighted by molar-refractivity contribution is -0.142. The highest BCUT2D eigenvalue weighted by atomic mass is 16.4. The van der Waals surface area contributed by atoms with Gasteiger partial charge in [0, 0.05) is 12.1 Å². The zero-order valence-electron chi connectivity index (χ0n) is 11.3. The van der Waals surface area contributed by atoms with Crippen LogP contribution in [0.5, 0.6) is 0 Å². The van der Waals surface area contributed by atoms with Gasteiger partial charge in [-0.15, -0.1) is 0 Å². The summed E-state index contributed by atoms with van der Waals surface area (Å²) in [6.07, 6.45) is 2.63. The number of carboxylic acid groups (broad SMARTS) is 1. The average molecular weight is 268 g/mol. The van der Waals surface area contributed by atoms with Crippen LogP contribution in [0.2, 0.25) is 0 Å². The molecule has 106 valence electrons. The van der Waals surface area contributed by atoms with E-state index < -0.39 is 12.0 Å². The molecular weight excluding hydrogens is 248 g/mol. The first-order valence-electron chi connectivity index (χ1n) is 6.79. The zero-order chi connectivity index (χ0) is 14.2. The van der Waals surface area contributed by atoms with Crippen molar-refractivity contribution in [2.24, 2.45) is 0 Å². The molecule has 2 rings (SSSR count). The number of rotatable bonds is 6. The van der Waals surface area contributed by atoms with Crippen LogP contribution in [-0.4, -0.2) is 57.4 Å². The minimum Gasteiger partial charge on any atom is -0.480 e. The number of nitrogens with zero attached hydrogens (tertiary/aromatic N) is 2. The third-order valence-corrected chi connectivity index (χ3v) is 3.95. The largest absolute Gasteiger partial charge is 0.480 e. The SMILES string of the molecule is CCC(C)N(CC(=O)O)C1CC(=O)N(C2CC2)C1=O. The summed E-state index contributed by atoms with van der Waals surface area (Å²) in [5.41, 5.74) is 0. The third-order valence-electron chi connectivity index (χ3n) is 3.95. The van der Waals surface area contributed by atoms with E-state index in [1.165, 1.54) is 4.90 Å². The minimum absolute atomic E-state index is 0.0306. The first kappa shape index (κ1) is 14.0. The molecule has 1 N–H and O–H groups in total. The van der Waals surface area contributed by atoms with Gasteiger partial charge in [-0.05, 0) is 26.2 Å². The fourth-order valence-corrected chi connectivity index (χ4v) is 2.57. The second kappa shape index (κ2) is 5.28. The second-order valence-corrected chi connectivity index (χ2v) is 5.38. The van der Waals surface area contributed by atoms with Gasteiger partial charge >= 0.3 is 5.97 Å². The maximum absolute atomic E-state index is 12.3. The van der Waals surface area contributed by atoms with Gasteiger partial charge in [-0.25, -0.2) is 0 Å². The van der Waals surface area contributed by atoms with Gasteiger partial charge in [0.05, 0.1) is 19.0 Å². The summed E-state index contributed by atoms with van der Waals surface area (Å²) in [7, 11) is 0. The molecule has 1 aliphatic carbocycles. The topological polar surface area (TPSA) is 77.9 Å². The van der Waals surface area contributed by atoms with Crippen LogP contribution < -0.4 is 0 Å². The first-order chi connectivity index (χ1) is 8.95. The Morgan fingerprint density at radius 1 is 1.47 bits per heavy atom. The summed E-state index contributed by atoms with van der Waals surface area (Å²) in [5, 5.41) is 8.98. The molecule has 0 bridgehead atoms. The molecule has 2 atom stereocenters. The predicted molar refractivity (Wildman–Crippen MR) is 67.4 cm³/mol. The van der Waals surface area contributed by atoms with E-state index in [1.54, 1.807) is 4.90 Å². The number of amides is 2.